The second-order valence-electron chi connectivity index (χ2n) is 5.91. The van der Waals surface area contributed by atoms with Crippen molar-refractivity contribution in [1.82, 2.24) is 5.32 Å². The van der Waals surface area contributed by atoms with Gasteiger partial charge in [-0.3, -0.25) is 0 Å². The minimum absolute atomic E-state index is 0.762. The zero-order valence-corrected chi connectivity index (χ0v) is 12.1. The van der Waals surface area contributed by atoms with Crippen LogP contribution in [0.4, 0.5) is 0 Å². The van der Waals surface area contributed by atoms with Crippen LogP contribution >= 0.6 is 0 Å². The summed E-state index contributed by atoms with van der Waals surface area (Å²) in [6.45, 7) is 5.91. The van der Waals surface area contributed by atoms with Crippen LogP contribution in [0.3, 0.4) is 0 Å². The highest BCUT2D eigenvalue weighted by molar-refractivity contribution is 4.76. The number of rotatable bonds is 10. The molecule has 1 aliphatic carbocycles. The van der Waals surface area contributed by atoms with Crippen molar-refractivity contribution in [1.29, 1.82) is 0 Å². The molecule has 1 N–H and O–H groups in total. The second kappa shape index (κ2) is 9.94. The maximum atomic E-state index is 3.73. The maximum Gasteiger partial charge on any atom is 0.00669 e. The summed E-state index contributed by atoms with van der Waals surface area (Å²) in [6.07, 6.45) is 15.8. The molecule has 1 atom stereocenters. The highest BCUT2D eigenvalue weighted by Gasteiger charge is 2.20. The monoisotopic (exact) mass is 239 g/mol. The minimum atomic E-state index is 0.762. The van der Waals surface area contributed by atoms with Gasteiger partial charge in [0.15, 0.2) is 0 Å². The molecule has 1 heteroatoms. The molecule has 1 saturated carbocycles. The summed E-state index contributed by atoms with van der Waals surface area (Å²) in [5, 5.41) is 3.73. The van der Waals surface area contributed by atoms with Gasteiger partial charge in [0.1, 0.15) is 0 Å². The molecule has 0 saturated heterocycles. The van der Waals surface area contributed by atoms with Crippen molar-refractivity contribution < 1.29 is 0 Å². The summed E-state index contributed by atoms with van der Waals surface area (Å²) in [4.78, 5) is 0. The smallest absolute Gasteiger partial charge is 0.00669 e. The highest BCUT2D eigenvalue weighted by atomic mass is 14.9. The summed E-state index contributed by atoms with van der Waals surface area (Å²) in [5.74, 6) is 0.972. The molecule has 0 radical (unpaired) electrons. The van der Waals surface area contributed by atoms with Gasteiger partial charge in [-0.15, -0.1) is 0 Å². The van der Waals surface area contributed by atoms with E-state index in [0.717, 1.165) is 12.0 Å². The molecule has 1 nitrogen and oxygen atoms in total. The lowest BCUT2D eigenvalue weighted by atomic mass is 10.00. The van der Waals surface area contributed by atoms with Crippen LogP contribution in [0, 0.1) is 5.92 Å². The van der Waals surface area contributed by atoms with Crippen molar-refractivity contribution in [2.45, 2.75) is 90.5 Å². The fourth-order valence-corrected chi connectivity index (χ4v) is 3.04. The fraction of sp³-hybridized carbons (Fsp3) is 1.00. The van der Waals surface area contributed by atoms with Gasteiger partial charge in [0.05, 0.1) is 0 Å². The first kappa shape index (κ1) is 15.0. The Hall–Kier alpha value is -0.0400. The van der Waals surface area contributed by atoms with Crippen LogP contribution in [0.5, 0.6) is 0 Å². The van der Waals surface area contributed by atoms with E-state index in [1.807, 2.05) is 0 Å². The molecule has 102 valence electrons. The molecule has 0 unspecified atom stereocenters. The number of hydrogen-bond acceptors (Lipinski definition) is 1. The van der Waals surface area contributed by atoms with E-state index in [2.05, 4.69) is 19.2 Å². The Morgan fingerprint density at radius 3 is 2.18 bits per heavy atom. The predicted molar refractivity (Wildman–Crippen MR) is 77.4 cm³/mol. The van der Waals surface area contributed by atoms with Crippen LogP contribution < -0.4 is 5.32 Å². The molecular weight excluding hydrogens is 206 g/mol. The fourth-order valence-electron chi connectivity index (χ4n) is 3.04. The SMILES string of the molecule is CCCCCCCCCN[C@H](C)C1CCCC1. The van der Waals surface area contributed by atoms with Gasteiger partial charge in [0, 0.05) is 6.04 Å². The summed E-state index contributed by atoms with van der Waals surface area (Å²) >= 11 is 0. The van der Waals surface area contributed by atoms with Crippen LogP contribution in [0.25, 0.3) is 0 Å². The van der Waals surface area contributed by atoms with Crippen LogP contribution in [0.2, 0.25) is 0 Å². The molecule has 0 aromatic heterocycles. The van der Waals surface area contributed by atoms with Gasteiger partial charge in [-0.25, -0.2) is 0 Å². The molecule has 0 aliphatic heterocycles. The van der Waals surface area contributed by atoms with E-state index in [1.54, 1.807) is 0 Å². The van der Waals surface area contributed by atoms with E-state index in [1.165, 1.54) is 77.2 Å². The molecule has 0 heterocycles. The van der Waals surface area contributed by atoms with E-state index in [9.17, 15) is 0 Å². The van der Waals surface area contributed by atoms with Gasteiger partial charge in [-0.05, 0) is 38.6 Å². The quantitative estimate of drug-likeness (QED) is 0.534. The van der Waals surface area contributed by atoms with E-state index >= 15 is 0 Å². The lowest BCUT2D eigenvalue weighted by Crippen LogP contribution is -2.32. The van der Waals surface area contributed by atoms with E-state index in [4.69, 9.17) is 0 Å². The highest BCUT2D eigenvalue weighted by Crippen LogP contribution is 2.27. The Kier molecular flexibility index (Phi) is 8.78. The lowest BCUT2D eigenvalue weighted by Gasteiger charge is -2.20. The summed E-state index contributed by atoms with van der Waals surface area (Å²) in [7, 11) is 0. The van der Waals surface area contributed by atoms with E-state index < -0.39 is 0 Å². The molecule has 1 rings (SSSR count). The van der Waals surface area contributed by atoms with Crippen molar-refractivity contribution in [2.75, 3.05) is 6.54 Å². The zero-order valence-electron chi connectivity index (χ0n) is 12.1. The van der Waals surface area contributed by atoms with Crippen molar-refractivity contribution >= 4 is 0 Å². The zero-order chi connectivity index (χ0) is 12.3. The third-order valence-electron chi connectivity index (χ3n) is 4.35. The van der Waals surface area contributed by atoms with Crippen LogP contribution in [0.15, 0.2) is 0 Å². The average Bonchev–Trinajstić information content (AvgIpc) is 2.86. The Morgan fingerprint density at radius 2 is 1.53 bits per heavy atom. The minimum Gasteiger partial charge on any atom is -0.314 e. The van der Waals surface area contributed by atoms with E-state index in [0.29, 0.717) is 0 Å². The second-order valence-corrected chi connectivity index (χ2v) is 5.91. The summed E-state index contributed by atoms with van der Waals surface area (Å²) in [5.41, 5.74) is 0. The standard InChI is InChI=1S/C16H33N/c1-3-4-5-6-7-8-11-14-17-15(2)16-12-9-10-13-16/h15-17H,3-14H2,1-2H3/t15-/m1/s1. The first-order valence-electron chi connectivity index (χ1n) is 8.08. The predicted octanol–water partition coefficient (Wildman–Crippen LogP) is 4.91. The van der Waals surface area contributed by atoms with Gasteiger partial charge < -0.3 is 5.32 Å². The average molecular weight is 239 g/mol. The molecular formula is C16H33N. The lowest BCUT2D eigenvalue weighted by molar-refractivity contribution is 0.377. The normalized spacial score (nSPS) is 18.7. The van der Waals surface area contributed by atoms with Crippen molar-refractivity contribution in [3.8, 4) is 0 Å². The number of nitrogens with one attached hydrogen (secondary N) is 1. The summed E-state index contributed by atoms with van der Waals surface area (Å²) < 4.78 is 0. The summed E-state index contributed by atoms with van der Waals surface area (Å²) in [6, 6.07) is 0.762. The topological polar surface area (TPSA) is 12.0 Å². The Labute approximate surface area is 109 Å². The van der Waals surface area contributed by atoms with Gasteiger partial charge in [-0.1, -0.05) is 58.3 Å². The van der Waals surface area contributed by atoms with E-state index in [-0.39, 0.29) is 0 Å². The van der Waals surface area contributed by atoms with Crippen molar-refractivity contribution in [3.63, 3.8) is 0 Å². The molecule has 0 aromatic rings. The first-order valence-corrected chi connectivity index (χ1v) is 8.08. The van der Waals surface area contributed by atoms with Crippen molar-refractivity contribution in [2.24, 2.45) is 5.92 Å². The molecule has 0 spiro atoms. The van der Waals surface area contributed by atoms with Gasteiger partial charge in [0.25, 0.3) is 0 Å². The molecule has 0 aromatic carbocycles. The van der Waals surface area contributed by atoms with Gasteiger partial charge >= 0.3 is 0 Å². The van der Waals surface area contributed by atoms with Gasteiger partial charge in [-0.2, -0.15) is 0 Å². The number of hydrogen-bond donors (Lipinski definition) is 1. The third-order valence-corrected chi connectivity index (χ3v) is 4.35. The van der Waals surface area contributed by atoms with Crippen LogP contribution in [0.1, 0.15) is 84.5 Å². The number of unbranched alkanes of at least 4 members (excludes halogenated alkanes) is 6. The molecule has 1 fully saturated rings. The molecule has 17 heavy (non-hydrogen) atoms. The van der Waals surface area contributed by atoms with Crippen LogP contribution in [-0.4, -0.2) is 12.6 Å². The molecule has 0 amide bonds. The Bertz CT molecular complexity index is 161. The maximum absolute atomic E-state index is 3.73. The van der Waals surface area contributed by atoms with Gasteiger partial charge in [0.2, 0.25) is 0 Å². The third kappa shape index (κ3) is 7.08. The Morgan fingerprint density at radius 1 is 0.941 bits per heavy atom. The Balaban J connectivity index is 1.83. The largest absolute Gasteiger partial charge is 0.314 e. The van der Waals surface area contributed by atoms with Crippen molar-refractivity contribution in [3.05, 3.63) is 0 Å². The first-order chi connectivity index (χ1) is 8.34. The molecule has 0 bridgehead atoms. The molecule has 1 aliphatic rings. The van der Waals surface area contributed by atoms with Crippen LogP contribution in [-0.2, 0) is 0 Å².